The minimum Gasteiger partial charge on any atom is -0.308 e. The fraction of sp³-hybridized carbons (Fsp3) is 0. The lowest BCUT2D eigenvalue weighted by atomic mass is 10.0. The van der Waals surface area contributed by atoms with Gasteiger partial charge >= 0.3 is 0 Å². The predicted octanol–water partition coefficient (Wildman–Crippen LogP) is 6.00. The van der Waals surface area contributed by atoms with E-state index in [9.17, 15) is 4.79 Å². The molecule has 0 bridgehead atoms. The summed E-state index contributed by atoms with van der Waals surface area (Å²) in [4.78, 5) is 16.6. The zero-order chi connectivity index (χ0) is 21.5. The van der Waals surface area contributed by atoms with Crippen molar-refractivity contribution in [2.24, 2.45) is 0 Å². The minimum absolute atomic E-state index is 0.211. The summed E-state index contributed by atoms with van der Waals surface area (Å²) in [5, 5.41) is 8.40. The summed E-state index contributed by atoms with van der Waals surface area (Å²) in [6.07, 6.45) is 3.18. The van der Waals surface area contributed by atoms with Gasteiger partial charge in [-0.05, 0) is 35.0 Å². The Morgan fingerprint density at radius 1 is 0.839 bits per heavy atom. The number of anilines is 1. The molecular weight excluding hydrogens is 422 g/mol. The second kappa shape index (κ2) is 9.93. The molecular formula is C25H19N3OS2. The fourth-order valence-corrected chi connectivity index (χ4v) is 3.93. The number of aromatic nitrogens is 1. The van der Waals surface area contributed by atoms with E-state index in [0.29, 0.717) is 5.13 Å². The summed E-state index contributed by atoms with van der Waals surface area (Å²) in [5.74, 6) is -0.297. The van der Waals surface area contributed by atoms with Crippen molar-refractivity contribution in [3.63, 3.8) is 0 Å². The van der Waals surface area contributed by atoms with Gasteiger partial charge in [0, 0.05) is 17.0 Å². The normalized spacial score (nSPS) is 10.7. The summed E-state index contributed by atoms with van der Waals surface area (Å²) in [6, 6.07) is 28.1. The topological polar surface area (TPSA) is 54.0 Å². The van der Waals surface area contributed by atoms with Gasteiger partial charge in [0.1, 0.15) is 0 Å². The highest BCUT2D eigenvalue weighted by Crippen LogP contribution is 2.27. The largest absolute Gasteiger partial charge is 0.308 e. The van der Waals surface area contributed by atoms with E-state index in [1.54, 1.807) is 6.08 Å². The molecule has 0 saturated carbocycles. The van der Waals surface area contributed by atoms with Crippen LogP contribution in [0.15, 0.2) is 96.4 Å². The third kappa shape index (κ3) is 5.72. The summed E-state index contributed by atoms with van der Waals surface area (Å²) >= 11 is 6.66. The molecule has 3 aromatic carbocycles. The van der Waals surface area contributed by atoms with Crippen LogP contribution < -0.4 is 10.6 Å². The third-order valence-electron chi connectivity index (χ3n) is 4.48. The number of benzene rings is 3. The number of nitrogens with zero attached hydrogens (tertiary/aromatic N) is 1. The number of thiocarbonyl (C=S) groups is 1. The van der Waals surface area contributed by atoms with Crippen LogP contribution in [0, 0.1) is 0 Å². The molecule has 0 fully saturated rings. The van der Waals surface area contributed by atoms with Gasteiger partial charge in [-0.3, -0.25) is 10.1 Å². The molecule has 2 N–H and O–H groups in total. The van der Waals surface area contributed by atoms with E-state index in [1.807, 2.05) is 53.9 Å². The van der Waals surface area contributed by atoms with Crippen molar-refractivity contribution in [3.8, 4) is 22.4 Å². The first-order chi connectivity index (χ1) is 15.2. The zero-order valence-electron chi connectivity index (χ0n) is 16.5. The van der Waals surface area contributed by atoms with Crippen molar-refractivity contribution in [1.29, 1.82) is 0 Å². The molecule has 0 unspecified atom stereocenters. The van der Waals surface area contributed by atoms with Crippen LogP contribution in [0.5, 0.6) is 0 Å². The number of hydrogen-bond acceptors (Lipinski definition) is 4. The molecule has 6 heteroatoms. The first-order valence-electron chi connectivity index (χ1n) is 9.64. The van der Waals surface area contributed by atoms with Crippen LogP contribution in [0.4, 0.5) is 5.13 Å². The van der Waals surface area contributed by atoms with Crippen LogP contribution in [0.3, 0.4) is 0 Å². The zero-order valence-corrected chi connectivity index (χ0v) is 18.1. The van der Waals surface area contributed by atoms with Crippen molar-refractivity contribution in [2.75, 3.05) is 5.32 Å². The van der Waals surface area contributed by atoms with Crippen molar-refractivity contribution in [1.82, 2.24) is 10.3 Å². The lowest BCUT2D eigenvalue weighted by Crippen LogP contribution is -2.32. The molecule has 4 rings (SSSR count). The van der Waals surface area contributed by atoms with Crippen molar-refractivity contribution in [3.05, 3.63) is 102 Å². The van der Waals surface area contributed by atoms with Gasteiger partial charge in [0.2, 0.25) is 5.91 Å². The Hall–Kier alpha value is -3.61. The van der Waals surface area contributed by atoms with Gasteiger partial charge in [0.15, 0.2) is 10.2 Å². The van der Waals surface area contributed by atoms with Crippen LogP contribution in [-0.2, 0) is 4.79 Å². The monoisotopic (exact) mass is 441 g/mol. The number of hydrogen-bond donors (Lipinski definition) is 2. The van der Waals surface area contributed by atoms with Crippen molar-refractivity contribution < 1.29 is 4.79 Å². The van der Waals surface area contributed by atoms with E-state index >= 15 is 0 Å². The predicted molar refractivity (Wildman–Crippen MR) is 133 cm³/mol. The standard InChI is InChI=1S/C25H19N3OS2/c29-23(16-11-18-7-3-1-4-8-18)27-24(30)28-25-26-22(17-31-25)21-14-12-20(13-15-21)19-9-5-2-6-10-19/h1-17H,(H2,26,27,28,29,30)/b16-11+. The highest BCUT2D eigenvalue weighted by Gasteiger charge is 2.08. The van der Waals surface area contributed by atoms with Crippen LogP contribution in [0.2, 0.25) is 0 Å². The molecule has 0 aliphatic rings. The van der Waals surface area contributed by atoms with E-state index in [1.165, 1.54) is 23.0 Å². The van der Waals surface area contributed by atoms with Gasteiger partial charge in [0.25, 0.3) is 0 Å². The molecule has 1 aromatic heterocycles. The van der Waals surface area contributed by atoms with E-state index in [2.05, 4.69) is 52.0 Å². The van der Waals surface area contributed by atoms with Crippen LogP contribution in [0.1, 0.15) is 5.56 Å². The van der Waals surface area contributed by atoms with E-state index in [4.69, 9.17) is 12.2 Å². The van der Waals surface area contributed by atoms with Gasteiger partial charge in [0.05, 0.1) is 5.69 Å². The molecule has 4 aromatic rings. The number of amides is 1. The minimum atomic E-state index is -0.297. The Bertz CT molecular complexity index is 1200. The molecule has 0 spiro atoms. The van der Waals surface area contributed by atoms with Gasteiger partial charge in [-0.2, -0.15) is 0 Å². The number of nitrogens with one attached hydrogen (secondary N) is 2. The summed E-state index contributed by atoms with van der Waals surface area (Å²) in [7, 11) is 0. The number of thiazole rings is 1. The van der Waals surface area contributed by atoms with Gasteiger partial charge in [-0.25, -0.2) is 4.98 Å². The highest BCUT2D eigenvalue weighted by molar-refractivity contribution is 7.80. The molecule has 1 amide bonds. The van der Waals surface area contributed by atoms with Crippen molar-refractivity contribution in [2.45, 2.75) is 0 Å². The van der Waals surface area contributed by atoms with Crippen molar-refractivity contribution >= 4 is 45.8 Å². The first-order valence-corrected chi connectivity index (χ1v) is 10.9. The highest BCUT2D eigenvalue weighted by atomic mass is 32.1. The summed E-state index contributed by atoms with van der Waals surface area (Å²) in [6.45, 7) is 0. The number of carbonyl (C=O) groups is 1. The SMILES string of the molecule is O=C(/C=C/c1ccccc1)NC(=S)Nc1nc(-c2ccc(-c3ccccc3)cc2)cs1. The van der Waals surface area contributed by atoms with E-state index < -0.39 is 0 Å². The molecule has 0 saturated heterocycles. The van der Waals surface area contributed by atoms with E-state index in [-0.39, 0.29) is 11.0 Å². The Labute approximate surface area is 190 Å². The Balaban J connectivity index is 1.35. The average molecular weight is 442 g/mol. The van der Waals surface area contributed by atoms with Gasteiger partial charge in [-0.1, -0.05) is 84.9 Å². The molecule has 4 nitrogen and oxygen atoms in total. The average Bonchev–Trinajstić information content (AvgIpc) is 3.27. The molecule has 0 radical (unpaired) electrons. The maximum atomic E-state index is 12.1. The lowest BCUT2D eigenvalue weighted by Gasteiger charge is -2.05. The quantitative estimate of drug-likeness (QED) is 0.294. The molecule has 152 valence electrons. The Morgan fingerprint density at radius 3 is 2.16 bits per heavy atom. The number of carbonyl (C=O) groups excluding carboxylic acids is 1. The van der Waals surface area contributed by atoms with Crippen LogP contribution >= 0.6 is 23.6 Å². The maximum Gasteiger partial charge on any atom is 0.250 e. The molecule has 31 heavy (non-hydrogen) atoms. The van der Waals surface area contributed by atoms with Crippen LogP contribution in [-0.4, -0.2) is 16.0 Å². The maximum absolute atomic E-state index is 12.1. The smallest absolute Gasteiger partial charge is 0.250 e. The molecule has 0 atom stereocenters. The summed E-state index contributed by atoms with van der Waals surface area (Å²) in [5.41, 5.74) is 5.15. The first kappa shape index (κ1) is 20.7. The molecule has 1 heterocycles. The Kier molecular flexibility index (Phi) is 6.62. The van der Waals surface area contributed by atoms with Gasteiger partial charge in [-0.15, -0.1) is 11.3 Å². The number of rotatable bonds is 5. The summed E-state index contributed by atoms with van der Waals surface area (Å²) < 4.78 is 0. The fourth-order valence-electron chi connectivity index (χ4n) is 2.95. The molecule has 0 aliphatic heterocycles. The van der Waals surface area contributed by atoms with E-state index in [0.717, 1.165) is 22.4 Å². The van der Waals surface area contributed by atoms with Crippen LogP contribution in [0.25, 0.3) is 28.5 Å². The molecule has 0 aliphatic carbocycles. The Morgan fingerprint density at radius 2 is 1.45 bits per heavy atom. The second-order valence-electron chi connectivity index (χ2n) is 6.67. The van der Waals surface area contributed by atoms with Gasteiger partial charge < -0.3 is 5.32 Å². The lowest BCUT2D eigenvalue weighted by molar-refractivity contribution is -0.115. The second-order valence-corrected chi connectivity index (χ2v) is 7.94. The third-order valence-corrected chi connectivity index (χ3v) is 5.44.